The van der Waals surface area contributed by atoms with E-state index in [0.717, 1.165) is 24.2 Å². The molecule has 0 spiro atoms. The fraction of sp³-hybridized carbons (Fsp3) is 0.545. The molecular formula is C22H30N4O4S. The molecule has 2 N–H and O–H groups in total. The summed E-state index contributed by atoms with van der Waals surface area (Å²) in [5.74, 6) is -0.0194. The molecule has 1 aliphatic heterocycles. The molecule has 1 fully saturated rings. The average Bonchev–Trinajstić information content (AvgIpc) is 3.13. The first-order valence-corrected chi connectivity index (χ1v) is 11.3. The zero-order valence-electron chi connectivity index (χ0n) is 18.6. The second-order valence-electron chi connectivity index (χ2n) is 8.81. The van der Waals surface area contributed by atoms with E-state index in [2.05, 4.69) is 35.5 Å². The van der Waals surface area contributed by atoms with Crippen LogP contribution in [-0.4, -0.2) is 46.3 Å². The number of aromatic nitrogens is 2. The number of pyridine rings is 1. The normalized spacial score (nSPS) is 21.4. The first-order valence-electron chi connectivity index (χ1n) is 10.4. The van der Waals surface area contributed by atoms with Crippen LogP contribution in [0.4, 0.5) is 9.93 Å². The molecule has 2 aromatic rings. The third-order valence-electron chi connectivity index (χ3n) is 4.69. The number of rotatable bonds is 5. The molecule has 0 bridgehead atoms. The highest BCUT2D eigenvalue weighted by Gasteiger charge is 2.26. The molecule has 3 rings (SSSR count). The molecule has 0 aromatic carbocycles. The molecule has 2 unspecified atom stereocenters. The average molecular weight is 447 g/mol. The molecule has 0 saturated carbocycles. The van der Waals surface area contributed by atoms with Crippen LogP contribution >= 0.6 is 11.3 Å². The lowest BCUT2D eigenvalue weighted by Gasteiger charge is -2.31. The fourth-order valence-corrected chi connectivity index (χ4v) is 4.27. The van der Waals surface area contributed by atoms with Crippen LogP contribution in [0.2, 0.25) is 0 Å². The molecule has 2 amide bonds. The van der Waals surface area contributed by atoms with Crippen LogP contribution in [0.1, 0.15) is 59.1 Å². The Morgan fingerprint density at radius 1 is 1.16 bits per heavy atom. The number of hydrogen-bond donors (Lipinski definition) is 2. The second kappa shape index (κ2) is 9.74. The highest BCUT2D eigenvalue weighted by molar-refractivity contribution is 7.14. The molecule has 8 nitrogen and oxygen atoms in total. The minimum absolute atomic E-state index is 0.197. The van der Waals surface area contributed by atoms with E-state index >= 15 is 0 Å². The number of anilines is 1. The van der Waals surface area contributed by atoms with Crippen molar-refractivity contribution in [3.05, 3.63) is 29.3 Å². The molecule has 1 saturated heterocycles. The van der Waals surface area contributed by atoms with Crippen molar-refractivity contribution < 1.29 is 19.1 Å². The summed E-state index contributed by atoms with van der Waals surface area (Å²) in [6, 6.07) is 5.96. The summed E-state index contributed by atoms with van der Waals surface area (Å²) in [5, 5.41) is 7.43. The maximum absolute atomic E-state index is 12.1. The van der Waals surface area contributed by atoms with Gasteiger partial charge in [-0.3, -0.25) is 9.78 Å². The van der Waals surface area contributed by atoms with Gasteiger partial charge < -0.3 is 20.1 Å². The smallest absolute Gasteiger partial charge is 0.408 e. The van der Waals surface area contributed by atoms with Gasteiger partial charge in [0.05, 0.1) is 17.9 Å². The Balaban J connectivity index is 1.59. The topological polar surface area (TPSA) is 102 Å². The minimum Gasteiger partial charge on any atom is -0.444 e. The van der Waals surface area contributed by atoms with E-state index in [9.17, 15) is 9.59 Å². The van der Waals surface area contributed by atoms with Crippen molar-refractivity contribution in [1.82, 2.24) is 15.3 Å². The van der Waals surface area contributed by atoms with Crippen LogP contribution in [0, 0.1) is 0 Å². The van der Waals surface area contributed by atoms with E-state index in [0.29, 0.717) is 16.7 Å². The minimum atomic E-state index is -0.639. The molecular weight excluding hydrogens is 416 g/mol. The standard InChI is InChI=1S/C22H30N4O4S/c1-13-9-15(10-14(2)29-13)16-7-6-8-17(24-16)18-12-31-20(25-18)26-19(27)11-23-21(28)30-22(3,4)5/h6-8,12-15H,9-11H2,1-5H3,(H,23,28)(H,25,26,27). The van der Waals surface area contributed by atoms with Gasteiger partial charge in [-0.25, -0.2) is 9.78 Å². The van der Waals surface area contributed by atoms with E-state index < -0.39 is 11.7 Å². The van der Waals surface area contributed by atoms with Gasteiger partial charge in [0.2, 0.25) is 5.91 Å². The van der Waals surface area contributed by atoms with E-state index in [-0.39, 0.29) is 24.7 Å². The molecule has 2 aromatic heterocycles. The zero-order chi connectivity index (χ0) is 22.6. The van der Waals surface area contributed by atoms with Gasteiger partial charge >= 0.3 is 6.09 Å². The highest BCUT2D eigenvalue weighted by atomic mass is 32.1. The van der Waals surface area contributed by atoms with Gasteiger partial charge in [0.25, 0.3) is 0 Å². The predicted molar refractivity (Wildman–Crippen MR) is 120 cm³/mol. The van der Waals surface area contributed by atoms with Gasteiger partial charge in [-0.05, 0) is 59.6 Å². The molecule has 3 heterocycles. The van der Waals surface area contributed by atoms with Crippen molar-refractivity contribution in [2.24, 2.45) is 0 Å². The summed E-state index contributed by atoms with van der Waals surface area (Å²) in [4.78, 5) is 33.1. The highest BCUT2D eigenvalue weighted by Crippen LogP contribution is 2.33. The van der Waals surface area contributed by atoms with Crippen molar-refractivity contribution in [2.75, 3.05) is 11.9 Å². The summed E-state index contributed by atoms with van der Waals surface area (Å²) in [5.41, 5.74) is 1.90. The van der Waals surface area contributed by atoms with Gasteiger partial charge in [0.15, 0.2) is 5.13 Å². The number of carbonyl (C=O) groups excluding carboxylic acids is 2. The lowest BCUT2D eigenvalue weighted by atomic mass is 9.89. The second-order valence-corrected chi connectivity index (χ2v) is 9.67. The van der Waals surface area contributed by atoms with Crippen molar-refractivity contribution in [1.29, 1.82) is 0 Å². The van der Waals surface area contributed by atoms with E-state index in [1.165, 1.54) is 11.3 Å². The van der Waals surface area contributed by atoms with Crippen molar-refractivity contribution in [3.63, 3.8) is 0 Å². The first-order chi connectivity index (χ1) is 14.6. The summed E-state index contributed by atoms with van der Waals surface area (Å²) < 4.78 is 11.0. The van der Waals surface area contributed by atoms with Crippen molar-refractivity contribution in [3.8, 4) is 11.4 Å². The van der Waals surface area contributed by atoms with Gasteiger partial charge in [-0.15, -0.1) is 11.3 Å². The predicted octanol–water partition coefficient (Wildman–Crippen LogP) is 4.34. The number of carbonyl (C=O) groups is 2. The quantitative estimate of drug-likeness (QED) is 0.708. The third-order valence-corrected chi connectivity index (χ3v) is 5.45. The molecule has 9 heteroatoms. The van der Waals surface area contributed by atoms with E-state index in [1.807, 2.05) is 17.5 Å². The van der Waals surface area contributed by atoms with Crippen LogP contribution in [-0.2, 0) is 14.3 Å². The largest absolute Gasteiger partial charge is 0.444 e. The van der Waals surface area contributed by atoms with Crippen molar-refractivity contribution in [2.45, 2.75) is 71.2 Å². The maximum Gasteiger partial charge on any atom is 0.408 e. The number of hydrogen-bond acceptors (Lipinski definition) is 7. The maximum atomic E-state index is 12.1. The summed E-state index contributed by atoms with van der Waals surface area (Å²) in [6.07, 6.45) is 1.69. The van der Waals surface area contributed by atoms with Gasteiger partial charge in [-0.2, -0.15) is 0 Å². The lowest BCUT2D eigenvalue weighted by Crippen LogP contribution is -2.37. The number of nitrogens with one attached hydrogen (secondary N) is 2. The fourth-order valence-electron chi connectivity index (χ4n) is 3.55. The van der Waals surface area contributed by atoms with Gasteiger partial charge in [0.1, 0.15) is 17.8 Å². The Morgan fingerprint density at radius 3 is 2.55 bits per heavy atom. The summed E-state index contributed by atoms with van der Waals surface area (Å²) >= 11 is 1.31. The van der Waals surface area contributed by atoms with Gasteiger partial charge in [0, 0.05) is 17.0 Å². The number of ether oxygens (including phenoxy) is 2. The van der Waals surface area contributed by atoms with Crippen LogP contribution < -0.4 is 10.6 Å². The van der Waals surface area contributed by atoms with E-state index in [4.69, 9.17) is 14.5 Å². The Labute approximate surface area is 186 Å². The Hall–Kier alpha value is -2.52. The molecule has 31 heavy (non-hydrogen) atoms. The lowest BCUT2D eigenvalue weighted by molar-refractivity contribution is -0.115. The zero-order valence-corrected chi connectivity index (χ0v) is 19.4. The first kappa shape index (κ1) is 23.1. The molecule has 1 aliphatic rings. The monoisotopic (exact) mass is 446 g/mol. The number of thiazole rings is 1. The van der Waals surface area contributed by atoms with Crippen LogP contribution in [0.5, 0.6) is 0 Å². The number of nitrogens with zero attached hydrogens (tertiary/aromatic N) is 2. The Kier molecular flexibility index (Phi) is 7.27. The Morgan fingerprint density at radius 2 is 1.87 bits per heavy atom. The van der Waals surface area contributed by atoms with Crippen LogP contribution in [0.3, 0.4) is 0 Å². The third kappa shape index (κ3) is 7.00. The van der Waals surface area contributed by atoms with Crippen LogP contribution in [0.25, 0.3) is 11.4 Å². The van der Waals surface area contributed by atoms with E-state index in [1.54, 1.807) is 20.8 Å². The summed E-state index contributed by atoms with van der Waals surface area (Å²) in [6.45, 7) is 9.28. The summed E-state index contributed by atoms with van der Waals surface area (Å²) in [7, 11) is 0. The SMILES string of the molecule is CC1CC(c2cccc(-c3csc(NC(=O)CNC(=O)OC(C)(C)C)n3)n2)CC(C)O1. The molecule has 0 aliphatic carbocycles. The van der Waals surface area contributed by atoms with Crippen molar-refractivity contribution >= 4 is 28.5 Å². The number of amides is 2. The molecule has 0 radical (unpaired) electrons. The van der Waals surface area contributed by atoms with Crippen LogP contribution in [0.15, 0.2) is 23.6 Å². The Bertz CT molecular complexity index is 914. The number of alkyl carbamates (subject to hydrolysis) is 1. The van der Waals surface area contributed by atoms with Gasteiger partial charge in [-0.1, -0.05) is 6.07 Å². The molecule has 2 atom stereocenters. The molecule has 168 valence electrons.